The average Bonchev–Trinajstić information content (AvgIpc) is 2.54. The third kappa shape index (κ3) is 2.23. The van der Waals surface area contributed by atoms with Crippen molar-refractivity contribution in [2.24, 2.45) is 0 Å². The van der Waals surface area contributed by atoms with Crippen LogP contribution in [0.15, 0.2) is 6.07 Å². The summed E-state index contributed by atoms with van der Waals surface area (Å²) in [6.45, 7) is 9.17. The molecule has 0 saturated carbocycles. The van der Waals surface area contributed by atoms with Crippen molar-refractivity contribution in [2.75, 3.05) is 6.61 Å². The van der Waals surface area contributed by atoms with Crippen LogP contribution in [0.1, 0.15) is 39.8 Å². The molecule has 0 aliphatic carbocycles. The van der Waals surface area contributed by atoms with Gasteiger partial charge in [-0.05, 0) is 13.3 Å². The van der Waals surface area contributed by atoms with Crippen molar-refractivity contribution in [3.05, 3.63) is 11.8 Å². The summed E-state index contributed by atoms with van der Waals surface area (Å²) in [5, 5.41) is 7.08. The Morgan fingerprint density at radius 2 is 2.15 bits per heavy atom. The highest BCUT2D eigenvalue weighted by atomic mass is 16.5. The maximum Gasteiger partial charge on any atom is 0.232 e. The van der Waals surface area contributed by atoms with E-state index >= 15 is 0 Å². The van der Waals surface area contributed by atoms with Crippen molar-refractivity contribution in [1.29, 1.82) is 0 Å². The zero-order valence-corrected chi connectivity index (χ0v) is 8.85. The zero-order chi connectivity index (χ0) is 9.90. The minimum atomic E-state index is 0.155. The van der Waals surface area contributed by atoms with Crippen LogP contribution in [0, 0.1) is 0 Å². The molecule has 1 heterocycles. The second-order valence-corrected chi connectivity index (χ2v) is 3.79. The Morgan fingerprint density at radius 1 is 1.46 bits per heavy atom. The number of nitrogens with zero attached hydrogens (tertiary/aromatic N) is 1. The summed E-state index contributed by atoms with van der Waals surface area (Å²) < 4.78 is 5.28. The van der Waals surface area contributed by atoms with E-state index in [1.165, 1.54) is 0 Å². The Labute approximate surface area is 79.5 Å². The molecule has 0 aliphatic heterocycles. The summed E-state index contributed by atoms with van der Waals surface area (Å²) in [6.07, 6.45) is 1.08. The number of ether oxygens (including phenoxy) is 1. The van der Waals surface area contributed by atoms with Crippen LogP contribution in [0.5, 0.6) is 5.88 Å². The molecule has 0 saturated heterocycles. The summed E-state index contributed by atoms with van der Waals surface area (Å²) in [4.78, 5) is 0. The van der Waals surface area contributed by atoms with Gasteiger partial charge in [-0.1, -0.05) is 20.8 Å². The molecular weight excluding hydrogens is 164 g/mol. The van der Waals surface area contributed by atoms with Gasteiger partial charge in [0.25, 0.3) is 0 Å². The lowest BCUT2D eigenvalue weighted by Crippen LogP contribution is -2.15. The van der Waals surface area contributed by atoms with Crippen LogP contribution in [0.3, 0.4) is 0 Å². The van der Waals surface area contributed by atoms with Gasteiger partial charge in [0.1, 0.15) is 0 Å². The summed E-state index contributed by atoms with van der Waals surface area (Å²) in [5.41, 5.74) is 1.29. The van der Waals surface area contributed by atoms with Crippen molar-refractivity contribution in [3.63, 3.8) is 0 Å². The van der Waals surface area contributed by atoms with Crippen LogP contribution in [0.25, 0.3) is 0 Å². The first kappa shape index (κ1) is 10.1. The molecule has 0 spiro atoms. The van der Waals surface area contributed by atoms with Crippen molar-refractivity contribution >= 4 is 0 Å². The predicted molar refractivity (Wildman–Crippen MR) is 53.1 cm³/mol. The van der Waals surface area contributed by atoms with Gasteiger partial charge in [0.05, 0.1) is 6.61 Å². The Kier molecular flexibility index (Phi) is 2.96. The first-order valence-electron chi connectivity index (χ1n) is 4.79. The second-order valence-electron chi connectivity index (χ2n) is 3.79. The average molecular weight is 182 g/mol. The summed E-state index contributed by atoms with van der Waals surface area (Å²) in [7, 11) is 0. The van der Waals surface area contributed by atoms with Crippen LogP contribution in [0.4, 0.5) is 0 Å². The van der Waals surface area contributed by atoms with Gasteiger partial charge in [-0.25, -0.2) is 0 Å². The van der Waals surface area contributed by atoms with Gasteiger partial charge in [0, 0.05) is 17.2 Å². The van der Waals surface area contributed by atoms with E-state index in [0.717, 1.165) is 12.1 Å². The predicted octanol–water partition coefficient (Wildman–Crippen LogP) is 2.50. The van der Waals surface area contributed by atoms with E-state index in [9.17, 15) is 0 Å². The Hall–Kier alpha value is -0.990. The van der Waals surface area contributed by atoms with Crippen LogP contribution in [-0.4, -0.2) is 16.8 Å². The maximum atomic E-state index is 5.28. The van der Waals surface area contributed by atoms with Gasteiger partial charge in [0.2, 0.25) is 5.88 Å². The number of rotatable bonds is 4. The third-order valence-electron chi connectivity index (χ3n) is 2.46. The fourth-order valence-electron chi connectivity index (χ4n) is 1.06. The van der Waals surface area contributed by atoms with E-state index < -0.39 is 0 Å². The molecule has 0 fully saturated rings. The number of aromatic amines is 1. The van der Waals surface area contributed by atoms with Gasteiger partial charge in [-0.2, -0.15) is 0 Å². The highest BCUT2D eigenvalue weighted by Gasteiger charge is 2.20. The Bertz CT molecular complexity index is 266. The summed E-state index contributed by atoms with van der Waals surface area (Å²) in [6, 6.07) is 1.98. The van der Waals surface area contributed by atoms with Crippen molar-refractivity contribution in [2.45, 2.75) is 39.5 Å². The van der Waals surface area contributed by atoms with Crippen molar-refractivity contribution < 1.29 is 4.74 Å². The number of hydrogen-bond acceptors (Lipinski definition) is 2. The molecular formula is C10H18N2O. The van der Waals surface area contributed by atoms with Crippen molar-refractivity contribution in [3.8, 4) is 5.88 Å². The number of nitrogens with one attached hydrogen (secondary N) is 1. The Morgan fingerprint density at radius 3 is 2.69 bits per heavy atom. The van der Waals surface area contributed by atoms with Crippen LogP contribution >= 0.6 is 0 Å². The standard InChI is InChI=1S/C10H18N2O/c1-5-10(3,4)8-7-9(12-11-8)13-6-2/h7H,5-6H2,1-4H3,(H,11,12). The van der Waals surface area contributed by atoms with E-state index in [2.05, 4.69) is 31.0 Å². The lowest BCUT2D eigenvalue weighted by atomic mass is 9.87. The first-order valence-corrected chi connectivity index (χ1v) is 4.79. The minimum absolute atomic E-state index is 0.155. The Balaban J connectivity index is 2.79. The van der Waals surface area contributed by atoms with E-state index in [4.69, 9.17) is 4.74 Å². The van der Waals surface area contributed by atoms with Crippen molar-refractivity contribution in [1.82, 2.24) is 10.2 Å². The van der Waals surface area contributed by atoms with Gasteiger partial charge >= 0.3 is 0 Å². The highest BCUT2D eigenvalue weighted by Crippen LogP contribution is 2.26. The van der Waals surface area contributed by atoms with E-state index in [1.807, 2.05) is 13.0 Å². The topological polar surface area (TPSA) is 37.9 Å². The molecule has 0 unspecified atom stereocenters. The quantitative estimate of drug-likeness (QED) is 0.776. The number of H-pyrrole nitrogens is 1. The molecule has 3 nitrogen and oxygen atoms in total. The molecule has 0 amide bonds. The lowest BCUT2D eigenvalue weighted by Gasteiger charge is -2.19. The molecule has 0 atom stereocenters. The van der Waals surface area contributed by atoms with Gasteiger partial charge < -0.3 is 4.74 Å². The molecule has 1 N–H and O–H groups in total. The van der Waals surface area contributed by atoms with E-state index in [1.54, 1.807) is 0 Å². The maximum absolute atomic E-state index is 5.28. The molecule has 1 rings (SSSR count). The SMILES string of the molecule is CCOc1cc(C(C)(C)CC)[nH]n1. The minimum Gasteiger partial charge on any atom is -0.477 e. The molecule has 0 bridgehead atoms. The largest absolute Gasteiger partial charge is 0.477 e. The fourth-order valence-corrected chi connectivity index (χ4v) is 1.06. The van der Waals surface area contributed by atoms with Gasteiger partial charge in [0.15, 0.2) is 0 Å². The van der Waals surface area contributed by atoms with E-state index in [-0.39, 0.29) is 5.41 Å². The number of hydrogen-bond donors (Lipinski definition) is 1. The van der Waals surface area contributed by atoms with Crippen LogP contribution in [-0.2, 0) is 5.41 Å². The third-order valence-corrected chi connectivity index (χ3v) is 2.46. The normalized spacial score (nSPS) is 11.7. The lowest BCUT2D eigenvalue weighted by molar-refractivity contribution is 0.326. The number of aromatic nitrogens is 2. The molecule has 13 heavy (non-hydrogen) atoms. The highest BCUT2D eigenvalue weighted by molar-refractivity contribution is 5.20. The monoisotopic (exact) mass is 182 g/mol. The molecule has 74 valence electrons. The molecule has 0 aromatic carbocycles. The molecule has 0 radical (unpaired) electrons. The molecule has 1 aromatic rings. The van der Waals surface area contributed by atoms with Crippen LogP contribution < -0.4 is 4.74 Å². The second kappa shape index (κ2) is 3.81. The first-order chi connectivity index (χ1) is 6.10. The van der Waals surface area contributed by atoms with Gasteiger partial charge in [-0.15, -0.1) is 5.10 Å². The zero-order valence-electron chi connectivity index (χ0n) is 8.85. The molecule has 1 aromatic heterocycles. The van der Waals surface area contributed by atoms with Gasteiger partial charge in [-0.3, -0.25) is 5.10 Å². The molecule has 0 aliphatic rings. The summed E-state index contributed by atoms with van der Waals surface area (Å²) >= 11 is 0. The summed E-state index contributed by atoms with van der Waals surface area (Å²) in [5.74, 6) is 0.694. The van der Waals surface area contributed by atoms with E-state index in [0.29, 0.717) is 12.5 Å². The van der Waals surface area contributed by atoms with Crippen LogP contribution in [0.2, 0.25) is 0 Å². The smallest absolute Gasteiger partial charge is 0.232 e. The fraction of sp³-hybridized carbons (Fsp3) is 0.700. The molecule has 3 heteroatoms.